The highest BCUT2D eigenvalue weighted by atomic mass is 19.1. The highest BCUT2D eigenvalue weighted by molar-refractivity contribution is 5.95. The molecule has 0 saturated heterocycles. The number of rotatable bonds is 6. The number of ether oxygens (including phenoxy) is 2. The second-order valence-electron chi connectivity index (χ2n) is 7.77. The van der Waals surface area contributed by atoms with E-state index in [1.807, 2.05) is 53.1 Å². The number of carbonyl (C=O) groups excluding carboxylic acids is 1. The van der Waals surface area contributed by atoms with Gasteiger partial charge in [0, 0.05) is 5.56 Å². The van der Waals surface area contributed by atoms with Crippen LogP contribution in [0.2, 0.25) is 0 Å². The molecule has 1 aliphatic heterocycles. The van der Waals surface area contributed by atoms with Gasteiger partial charge in [0.25, 0.3) is 0 Å². The molecule has 3 aromatic carbocycles. The van der Waals surface area contributed by atoms with Crippen LogP contribution in [-0.4, -0.2) is 28.7 Å². The summed E-state index contributed by atoms with van der Waals surface area (Å²) in [6.07, 6.45) is 1.85. The molecule has 4 aromatic rings. The first kappa shape index (κ1) is 20.8. The molecular weight excluding hydrogens is 421 g/mol. The summed E-state index contributed by atoms with van der Waals surface area (Å²) < 4.78 is 26.5. The van der Waals surface area contributed by atoms with E-state index < -0.39 is 0 Å². The Labute approximate surface area is 190 Å². The second-order valence-corrected chi connectivity index (χ2v) is 7.77. The van der Waals surface area contributed by atoms with Crippen LogP contribution in [0, 0.1) is 5.82 Å². The zero-order valence-electron chi connectivity index (χ0n) is 17.8. The van der Waals surface area contributed by atoms with Crippen molar-refractivity contribution in [1.29, 1.82) is 0 Å². The van der Waals surface area contributed by atoms with Gasteiger partial charge in [-0.25, -0.2) is 9.37 Å². The molecule has 0 unspecified atom stereocenters. The van der Waals surface area contributed by atoms with Crippen molar-refractivity contribution in [3.05, 3.63) is 96.1 Å². The molecule has 0 bridgehead atoms. The smallest absolute Gasteiger partial charge is 0.229 e. The Morgan fingerprint density at radius 3 is 2.48 bits per heavy atom. The van der Waals surface area contributed by atoms with Gasteiger partial charge < -0.3 is 19.4 Å². The number of fused-ring (bicyclic) bond motifs is 1. The molecule has 7 heteroatoms. The van der Waals surface area contributed by atoms with E-state index in [9.17, 15) is 9.18 Å². The van der Waals surface area contributed by atoms with Crippen LogP contribution in [0.15, 0.2) is 79.1 Å². The topological polar surface area (TPSA) is 65.4 Å². The standard InChI is InChI=1S/C26H22FN3O3/c27-21-9-7-20(8-10-21)25-26(30(17-28-25)16-18-4-2-1-3-5-18)29-24(31)15-19-6-11-22-23(14-19)33-13-12-32-22/h1-11,14,17H,12-13,15-16H2,(H,29,31). The normalized spacial score (nSPS) is 12.4. The minimum absolute atomic E-state index is 0.163. The van der Waals surface area contributed by atoms with Crippen LogP contribution in [-0.2, 0) is 17.8 Å². The van der Waals surface area contributed by atoms with Gasteiger partial charge in [-0.15, -0.1) is 0 Å². The first-order chi connectivity index (χ1) is 16.2. The van der Waals surface area contributed by atoms with Gasteiger partial charge in [-0.2, -0.15) is 0 Å². The van der Waals surface area contributed by atoms with Crippen molar-refractivity contribution in [2.45, 2.75) is 13.0 Å². The Hall–Kier alpha value is -4.13. The number of nitrogens with zero attached hydrogens (tertiary/aromatic N) is 2. The SMILES string of the molecule is O=C(Cc1ccc2c(c1)OCCO2)Nc1c(-c2ccc(F)cc2)ncn1Cc1ccccc1. The maximum Gasteiger partial charge on any atom is 0.229 e. The average Bonchev–Trinajstić information content (AvgIpc) is 3.22. The molecule has 2 heterocycles. The van der Waals surface area contributed by atoms with E-state index in [1.54, 1.807) is 18.5 Å². The number of amides is 1. The summed E-state index contributed by atoms with van der Waals surface area (Å²) in [6.45, 7) is 1.54. The van der Waals surface area contributed by atoms with E-state index >= 15 is 0 Å². The number of aromatic nitrogens is 2. The maximum atomic E-state index is 13.5. The van der Waals surface area contributed by atoms with E-state index in [0.717, 1.165) is 16.7 Å². The summed E-state index contributed by atoms with van der Waals surface area (Å²) >= 11 is 0. The largest absolute Gasteiger partial charge is 0.486 e. The Kier molecular flexibility index (Phi) is 5.76. The van der Waals surface area contributed by atoms with Gasteiger partial charge in [0.05, 0.1) is 19.3 Å². The van der Waals surface area contributed by atoms with Gasteiger partial charge in [0.15, 0.2) is 11.5 Å². The van der Waals surface area contributed by atoms with Gasteiger partial charge >= 0.3 is 0 Å². The van der Waals surface area contributed by atoms with Crippen LogP contribution in [0.5, 0.6) is 11.5 Å². The summed E-state index contributed by atoms with van der Waals surface area (Å²) in [5.41, 5.74) is 3.19. The molecule has 1 N–H and O–H groups in total. The second kappa shape index (κ2) is 9.16. The number of hydrogen-bond acceptors (Lipinski definition) is 4. The lowest BCUT2D eigenvalue weighted by Crippen LogP contribution is -2.19. The highest BCUT2D eigenvalue weighted by Crippen LogP contribution is 2.31. The van der Waals surface area contributed by atoms with E-state index in [-0.39, 0.29) is 18.1 Å². The third-order valence-electron chi connectivity index (χ3n) is 5.38. The monoisotopic (exact) mass is 443 g/mol. The summed E-state index contributed by atoms with van der Waals surface area (Å²) in [5, 5.41) is 3.02. The summed E-state index contributed by atoms with van der Waals surface area (Å²) in [4.78, 5) is 17.5. The van der Waals surface area contributed by atoms with Gasteiger partial charge in [-0.05, 0) is 47.5 Å². The van der Waals surface area contributed by atoms with Gasteiger partial charge in [0.1, 0.15) is 30.5 Å². The quantitative estimate of drug-likeness (QED) is 0.470. The molecule has 1 aliphatic rings. The average molecular weight is 443 g/mol. The fourth-order valence-electron chi connectivity index (χ4n) is 3.79. The Morgan fingerprint density at radius 1 is 0.939 bits per heavy atom. The predicted octanol–water partition coefficient (Wildman–Crippen LogP) is 4.69. The van der Waals surface area contributed by atoms with Crippen LogP contribution in [0.1, 0.15) is 11.1 Å². The number of carbonyl (C=O) groups is 1. The number of anilines is 1. The number of imidazole rings is 1. The van der Waals surface area contributed by atoms with Crippen LogP contribution in [0.25, 0.3) is 11.3 Å². The molecule has 0 spiro atoms. The van der Waals surface area contributed by atoms with Crippen molar-refractivity contribution in [3.8, 4) is 22.8 Å². The van der Waals surface area contributed by atoms with Crippen molar-refractivity contribution >= 4 is 11.7 Å². The Morgan fingerprint density at radius 2 is 1.70 bits per heavy atom. The number of nitrogens with one attached hydrogen (secondary N) is 1. The summed E-state index contributed by atoms with van der Waals surface area (Å²) in [5.74, 6) is 1.38. The molecule has 0 atom stereocenters. The van der Waals surface area contributed by atoms with E-state index in [2.05, 4.69) is 10.3 Å². The van der Waals surface area contributed by atoms with Gasteiger partial charge in [0.2, 0.25) is 5.91 Å². The maximum absolute atomic E-state index is 13.5. The lowest BCUT2D eigenvalue weighted by molar-refractivity contribution is -0.115. The van der Waals surface area contributed by atoms with Crippen molar-refractivity contribution in [3.63, 3.8) is 0 Å². The molecule has 5 rings (SSSR count). The molecule has 1 aromatic heterocycles. The Bertz CT molecular complexity index is 1270. The summed E-state index contributed by atoms with van der Waals surface area (Å²) in [6, 6.07) is 21.5. The van der Waals surface area contributed by atoms with E-state index in [1.165, 1.54) is 12.1 Å². The molecule has 0 saturated carbocycles. The van der Waals surface area contributed by atoms with Crippen molar-refractivity contribution < 1.29 is 18.7 Å². The minimum atomic E-state index is -0.327. The zero-order valence-corrected chi connectivity index (χ0v) is 17.8. The van der Waals surface area contributed by atoms with Crippen LogP contribution >= 0.6 is 0 Å². The van der Waals surface area contributed by atoms with Gasteiger partial charge in [-0.3, -0.25) is 4.79 Å². The van der Waals surface area contributed by atoms with Crippen molar-refractivity contribution in [2.75, 3.05) is 18.5 Å². The molecule has 1 amide bonds. The molecule has 166 valence electrons. The molecule has 0 radical (unpaired) electrons. The Balaban J connectivity index is 1.41. The fourth-order valence-corrected chi connectivity index (χ4v) is 3.79. The summed E-state index contributed by atoms with van der Waals surface area (Å²) in [7, 11) is 0. The number of benzene rings is 3. The molecule has 6 nitrogen and oxygen atoms in total. The van der Waals surface area contributed by atoms with E-state index in [0.29, 0.717) is 42.8 Å². The molecule has 0 fully saturated rings. The number of halogens is 1. The predicted molar refractivity (Wildman–Crippen MR) is 123 cm³/mol. The first-order valence-corrected chi connectivity index (χ1v) is 10.7. The molecule has 33 heavy (non-hydrogen) atoms. The number of hydrogen-bond donors (Lipinski definition) is 1. The zero-order chi connectivity index (χ0) is 22.6. The third kappa shape index (κ3) is 4.72. The lowest BCUT2D eigenvalue weighted by Gasteiger charge is -2.19. The van der Waals surface area contributed by atoms with Crippen LogP contribution in [0.3, 0.4) is 0 Å². The molecular formula is C26H22FN3O3. The third-order valence-corrected chi connectivity index (χ3v) is 5.38. The highest BCUT2D eigenvalue weighted by Gasteiger charge is 2.18. The molecule has 0 aliphatic carbocycles. The lowest BCUT2D eigenvalue weighted by atomic mass is 10.1. The van der Waals surface area contributed by atoms with Crippen LogP contribution < -0.4 is 14.8 Å². The first-order valence-electron chi connectivity index (χ1n) is 10.7. The minimum Gasteiger partial charge on any atom is -0.486 e. The van der Waals surface area contributed by atoms with Crippen LogP contribution in [0.4, 0.5) is 10.2 Å². The van der Waals surface area contributed by atoms with Gasteiger partial charge in [-0.1, -0.05) is 36.4 Å². The van der Waals surface area contributed by atoms with E-state index in [4.69, 9.17) is 9.47 Å². The van der Waals surface area contributed by atoms with Crippen molar-refractivity contribution in [2.24, 2.45) is 0 Å². The van der Waals surface area contributed by atoms with Crippen molar-refractivity contribution in [1.82, 2.24) is 9.55 Å². The fraction of sp³-hybridized carbons (Fsp3) is 0.154.